The largest absolute Gasteiger partial charge is 0.387 e. The van der Waals surface area contributed by atoms with E-state index in [0.717, 1.165) is 0 Å². The van der Waals surface area contributed by atoms with Crippen molar-refractivity contribution in [3.63, 3.8) is 0 Å². The van der Waals surface area contributed by atoms with Gasteiger partial charge in [-0.25, -0.2) is 18.9 Å². The molecule has 22 heavy (non-hydrogen) atoms. The van der Waals surface area contributed by atoms with Gasteiger partial charge in [0, 0.05) is 0 Å². The van der Waals surface area contributed by atoms with Gasteiger partial charge in [-0.05, 0) is 13.8 Å². The van der Waals surface area contributed by atoms with Crippen molar-refractivity contribution in [2.75, 3.05) is 12.3 Å². The van der Waals surface area contributed by atoms with E-state index in [1.807, 2.05) is 0 Å². The maximum atomic E-state index is 15.2. The molecule has 0 radical (unpaired) electrons. The van der Waals surface area contributed by atoms with Crippen molar-refractivity contribution in [2.24, 2.45) is 5.18 Å². The Morgan fingerprint density at radius 3 is 2.95 bits per heavy atom. The summed E-state index contributed by atoms with van der Waals surface area (Å²) in [5.74, 6) is 0.134. The van der Waals surface area contributed by atoms with Gasteiger partial charge in [0.05, 0.1) is 11.9 Å². The predicted octanol–water partition coefficient (Wildman–Crippen LogP) is 0.176. The van der Waals surface area contributed by atoms with Crippen LogP contribution in [0.5, 0.6) is 0 Å². The molecule has 2 aromatic heterocycles. The van der Waals surface area contributed by atoms with Crippen LogP contribution in [0.4, 0.5) is 10.2 Å². The van der Waals surface area contributed by atoms with Crippen molar-refractivity contribution >= 4 is 11.5 Å². The number of imidazole rings is 1. The second-order valence-electron chi connectivity index (χ2n) is 5.55. The maximum absolute atomic E-state index is 15.2. The second-order valence-corrected chi connectivity index (χ2v) is 5.55. The molecule has 0 bridgehead atoms. The van der Waals surface area contributed by atoms with E-state index in [0.29, 0.717) is 0 Å². The van der Waals surface area contributed by atoms with Gasteiger partial charge >= 0.3 is 0 Å². The topological polar surface area (TPSA) is 128 Å². The molecule has 1 saturated heterocycles. The maximum Gasteiger partial charge on any atom is 0.196 e. The van der Waals surface area contributed by atoms with E-state index in [9.17, 15) is 10.0 Å². The number of hydrogen-bond acceptors (Lipinski definition) is 8. The summed E-state index contributed by atoms with van der Waals surface area (Å²) < 4.78 is 22.1. The first kappa shape index (κ1) is 14.7. The van der Waals surface area contributed by atoms with Gasteiger partial charge in [-0.3, -0.25) is 0 Å². The lowest BCUT2D eigenvalue weighted by Gasteiger charge is -2.33. The molecule has 0 amide bonds. The number of aliphatic hydroxyl groups excluding tert-OH is 1. The van der Waals surface area contributed by atoms with Crippen LogP contribution in [0, 0.1) is 4.91 Å². The Morgan fingerprint density at radius 2 is 2.27 bits per heavy atom. The molecule has 2 aromatic rings. The van der Waals surface area contributed by atoms with Gasteiger partial charge in [-0.1, -0.05) is 5.18 Å². The van der Waals surface area contributed by atoms with Gasteiger partial charge < -0.3 is 15.6 Å². The van der Waals surface area contributed by atoms with E-state index >= 15 is 4.39 Å². The lowest BCUT2D eigenvalue weighted by atomic mass is 9.82. The van der Waals surface area contributed by atoms with Gasteiger partial charge in [0.1, 0.15) is 30.7 Å². The normalized spacial score (nSPS) is 35.1. The third-order valence-electron chi connectivity index (χ3n) is 4.30. The zero-order chi connectivity index (χ0) is 16.1. The second kappa shape index (κ2) is 4.65. The highest BCUT2D eigenvalue weighted by Crippen LogP contribution is 2.49. The van der Waals surface area contributed by atoms with Crippen LogP contribution < -0.4 is 5.73 Å². The number of aromatic nitrogens is 4. The molecular formula is C12H15FN6O3. The lowest BCUT2D eigenvalue weighted by Crippen LogP contribution is -2.47. The molecule has 1 aliphatic heterocycles. The molecule has 4 atom stereocenters. The monoisotopic (exact) mass is 310 g/mol. The smallest absolute Gasteiger partial charge is 0.196 e. The molecule has 0 saturated carbocycles. The summed E-state index contributed by atoms with van der Waals surface area (Å²) in [5, 5.41) is 16.8. The van der Waals surface area contributed by atoms with E-state index in [1.165, 1.54) is 30.9 Å². The Morgan fingerprint density at radius 1 is 1.55 bits per heavy atom. The van der Waals surface area contributed by atoms with Crippen LogP contribution >= 0.6 is 0 Å². The van der Waals surface area contributed by atoms with Crippen LogP contribution in [-0.2, 0) is 10.3 Å². The molecule has 10 heteroatoms. The number of aliphatic hydroxyl groups is 1. The van der Waals surface area contributed by atoms with Gasteiger partial charge in [0.2, 0.25) is 0 Å². The first-order chi connectivity index (χ1) is 10.3. The van der Waals surface area contributed by atoms with Crippen LogP contribution in [0.3, 0.4) is 0 Å². The highest BCUT2D eigenvalue weighted by Gasteiger charge is 2.63. The number of ether oxygens (including phenoxy) is 1. The Labute approximate surface area is 124 Å². The van der Waals surface area contributed by atoms with Crippen molar-refractivity contribution in [3.8, 4) is 0 Å². The van der Waals surface area contributed by atoms with Gasteiger partial charge in [-0.2, -0.15) is 10.0 Å². The molecule has 0 aromatic carbocycles. The highest BCUT2D eigenvalue weighted by molar-refractivity contribution is 5.59. The quantitative estimate of drug-likeness (QED) is 0.773. The number of nitrogens with two attached hydrogens (primary N) is 1. The number of nitrogens with zero attached hydrogens (tertiary/aromatic N) is 5. The Balaban J connectivity index is 2.16. The summed E-state index contributed by atoms with van der Waals surface area (Å²) in [6.07, 6.45) is 0.00590. The molecule has 3 rings (SSSR count). The molecule has 3 heterocycles. The summed E-state index contributed by atoms with van der Waals surface area (Å²) in [5.41, 5.74) is 2.46. The van der Waals surface area contributed by atoms with Crippen molar-refractivity contribution < 1.29 is 14.2 Å². The van der Waals surface area contributed by atoms with Crippen LogP contribution in [0.15, 0.2) is 17.7 Å². The molecule has 1 aliphatic rings. The number of halogens is 1. The first-order valence-corrected chi connectivity index (χ1v) is 6.61. The minimum absolute atomic E-state index is 0.134. The standard InChI is InChI=1S/C12H15FN6O3/c1-11(13)8(20)6(3-18-21)22-12(11,2)7-4-15-10-9(14)16-5-17-19(7)10/h4-6,8,20H,3H2,1-2H3,(H2,14,16,17)/t6-,8-,11-,12+/m1/s1. The number of alkyl halides is 1. The van der Waals surface area contributed by atoms with Crippen LogP contribution in [0.25, 0.3) is 5.65 Å². The first-order valence-electron chi connectivity index (χ1n) is 6.61. The fraction of sp³-hybridized carbons (Fsp3) is 0.583. The van der Waals surface area contributed by atoms with Gasteiger partial charge in [-0.15, -0.1) is 0 Å². The Kier molecular flexibility index (Phi) is 3.11. The van der Waals surface area contributed by atoms with Crippen molar-refractivity contribution in [2.45, 2.75) is 37.3 Å². The Bertz CT molecular complexity index is 735. The van der Waals surface area contributed by atoms with Crippen molar-refractivity contribution in [1.82, 2.24) is 19.6 Å². The third kappa shape index (κ3) is 1.74. The number of rotatable bonds is 3. The molecular weight excluding hydrogens is 295 g/mol. The fourth-order valence-electron chi connectivity index (χ4n) is 2.80. The van der Waals surface area contributed by atoms with E-state index in [1.54, 1.807) is 0 Å². The van der Waals surface area contributed by atoms with Gasteiger partial charge in [0.15, 0.2) is 17.1 Å². The van der Waals surface area contributed by atoms with E-state index in [-0.39, 0.29) is 23.7 Å². The minimum Gasteiger partial charge on any atom is -0.387 e. The number of hydrogen-bond donors (Lipinski definition) is 2. The summed E-state index contributed by atoms with van der Waals surface area (Å²) in [6, 6.07) is 0. The van der Waals surface area contributed by atoms with Crippen LogP contribution in [0.1, 0.15) is 19.5 Å². The van der Waals surface area contributed by atoms with Gasteiger partial charge in [0.25, 0.3) is 0 Å². The zero-order valence-electron chi connectivity index (χ0n) is 12.0. The summed E-state index contributed by atoms with van der Waals surface area (Å²) in [4.78, 5) is 18.3. The molecule has 0 unspecified atom stereocenters. The van der Waals surface area contributed by atoms with Crippen molar-refractivity contribution in [1.29, 1.82) is 0 Å². The molecule has 118 valence electrons. The minimum atomic E-state index is -2.18. The van der Waals surface area contributed by atoms with Crippen molar-refractivity contribution in [3.05, 3.63) is 23.1 Å². The van der Waals surface area contributed by atoms with Crippen LogP contribution in [0.2, 0.25) is 0 Å². The van der Waals surface area contributed by atoms with Crippen LogP contribution in [-0.4, -0.2) is 49.1 Å². The molecule has 9 nitrogen and oxygen atoms in total. The fourth-order valence-corrected chi connectivity index (χ4v) is 2.80. The molecule has 1 fully saturated rings. The third-order valence-corrected chi connectivity index (χ3v) is 4.30. The summed E-state index contributed by atoms with van der Waals surface area (Å²) >= 11 is 0. The SMILES string of the molecule is C[C@@]1(c2cnc3c(N)ncnn23)O[C@H](CN=O)[C@@H](O)[C@@]1(C)F. The number of nitroso groups, excluding NO2 is 1. The zero-order valence-corrected chi connectivity index (χ0v) is 12.0. The average Bonchev–Trinajstić information content (AvgIpc) is 2.97. The number of anilines is 1. The molecule has 3 N–H and O–H groups in total. The number of fused-ring (bicyclic) bond motifs is 1. The summed E-state index contributed by atoms with van der Waals surface area (Å²) in [6.45, 7) is 2.30. The Hall–Kier alpha value is -2.20. The highest BCUT2D eigenvalue weighted by atomic mass is 19.1. The molecule has 0 spiro atoms. The lowest BCUT2D eigenvalue weighted by molar-refractivity contribution is -0.0899. The predicted molar refractivity (Wildman–Crippen MR) is 73.6 cm³/mol. The number of nitrogen functional groups attached to an aromatic ring is 1. The van der Waals surface area contributed by atoms with E-state index in [2.05, 4.69) is 20.2 Å². The van der Waals surface area contributed by atoms with E-state index < -0.39 is 23.5 Å². The average molecular weight is 310 g/mol. The van der Waals surface area contributed by atoms with E-state index in [4.69, 9.17) is 10.5 Å². The summed E-state index contributed by atoms with van der Waals surface area (Å²) in [7, 11) is 0. The molecule has 0 aliphatic carbocycles.